The van der Waals surface area contributed by atoms with Gasteiger partial charge in [0.15, 0.2) is 17.5 Å². The van der Waals surface area contributed by atoms with Crippen molar-refractivity contribution in [2.24, 2.45) is 0 Å². The summed E-state index contributed by atoms with van der Waals surface area (Å²) >= 11 is 0. The number of aromatic nitrogens is 5. The Bertz CT molecular complexity index is 3570. The molecule has 3 aromatic heterocycles. The highest BCUT2D eigenvalue weighted by molar-refractivity contribution is 6.12. The molecule has 9 aromatic carbocycles. The topological polar surface area (TPSA) is 48.5 Å². The maximum Gasteiger partial charge on any atom is 0.164 e. The first-order valence-electron chi connectivity index (χ1n) is 22.6. The molecule has 12 rings (SSSR count). The van der Waals surface area contributed by atoms with Crippen LogP contribution < -0.4 is 0 Å². The monoisotopic (exact) mass is 847 g/mol. The lowest BCUT2D eigenvalue weighted by Gasteiger charge is -2.16. The van der Waals surface area contributed by atoms with Gasteiger partial charge in [0.05, 0.1) is 22.1 Å². The van der Waals surface area contributed by atoms with Crippen LogP contribution in [0.1, 0.15) is 22.3 Å². The van der Waals surface area contributed by atoms with Crippen molar-refractivity contribution in [2.45, 2.75) is 27.7 Å². The SMILES string of the molecule is Cc1cc(C)cc(-c2ccc3c(c2)c2ccccc2n3-c2cc(-c3nc(-c4ccccc4)nc(-c4ccccc4)n3)cc(-n3c4ccccc4c4cc(-c5cc(C)cc(C)c5)ccc43)c2)c1. The summed E-state index contributed by atoms with van der Waals surface area (Å²) in [6, 6.07) is 72.1. The van der Waals surface area contributed by atoms with Gasteiger partial charge in [0.1, 0.15) is 0 Å². The number of benzene rings is 9. The van der Waals surface area contributed by atoms with Crippen molar-refractivity contribution in [3.8, 4) is 67.8 Å². The van der Waals surface area contributed by atoms with Crippen LogP contribution in [0.25, 0.3) is 111 Å². The number of aryl methyl sites for hydroxylation is 4. The molecule has 3 heterocycles. The van der Waals surface area contributed by atoms with Crippen molar-refractivity contribution >= 4 is 43.6 Å². The summed E-state index contributed by atoms with van der Waals surface area (Å²) < 4.78 is 4.82. The summed E-state index contributed by atoms with van der Waals surface area (Å²) in [7, 11) is 0. The second-order valence-electron chi connectivity index (χ2n) is 17.7. The molecule has 0 fully saturated rings. The van der Waals surface area contributed by atoms with E-state index in [4.69, 9.17) is 15.0 Å². The van der Waals surface area contributed by atoms with Crippen LogP contribution in [0.4, 0.5) is 0 Å². The molecule has 0 aliphatic carbocycles. The van der Waals surface area contributed by atoms with Crippen LogP contribution in [0, 0.1) is 27.7 Å². The molecule has 0 saturated carbocycles. The Balaban J connectivity index is 1.14. The fourth-order valence-electron chi connectivity index (χ4n) is 10.1. The first-order chi connectivity index (χ1) is 32.3. The normalized spacial score (nSPS) is 11.6. The van der Waals surface area contributed by atoms with Crippen LogP contribution >= 0.6 is 0 Å². The molecule has 66 heavy (non-hydrogen) atoms. The Morgan fingerprint density at radius 3 is 1.05 bits per heavy atom. The molecule has 0 spiro atoms. The van der Waals surface area contributed by atoms with Gasteiger partial charge in [-0.1, -0.05) is 168 Å². The zero-order chi connectivity index (χ0) is 44.5. The molecule has 0 saturated heterocycles. The van der Waals surface area contributed by atoms with Crippen molar-refractivity contribution in [3.63, 3.8) is 0 Å². The zero-order valence-electron chi connectivity index (χ0n) is 37.3. The molecule has 5 nitrogen and oxygen atoms in total. The molecule has 0 N–H and O–H groups in total. The third kappa shape index (κ3) is 6.84. The van der Waals surface area contributed by atoms with Gasteiger partial charge in [-0.3, -0.25) is 0 Å². The second kappa shape index (κ2) is 15.7. The molecule has 314 valence electrons. The first-order valence-corrected chi connectivity index (χ1v) is 22.6. The highest BCUT2D eigenvalue weighted by Crippen LogP contribution is 2.40. The Morgan fingerprint density at radius 2 is 0.621 bits per heavy atom. The quantitative estimate of drug-likeness (QED) is 0.161. The first kappa shape index (κ1) is 39.2. The zero-order valence-corrected chi connectivity index (χ0v) is 37.3. The van der Waals surface area contributed by atoms with Gasteiger partial charge in [-0.25, -0.2) is 15.0 Å². The van der Waals surface area contributed by atoms with E-state index in [1.165, 1.54) is 66.1 Å². The molecule has 5 heteroatoms. The third-order valence-electron chi connectivity index (χ3n) is 12.8. The van der Waals surface area contributed by atoms with Crippen molar-refractivity contribution in [1.82, 2.24) is 24.1 Å². The maximum atomic E-state index is 5.27. The van der Waals surface area contributed by atoms with Gasteiger partial charge in [0, 0.05) is 49.6 Å². The predicted octanol–water partition coefficient (Wildman–Crippen LogP) is 15.6. The van der Waals surface area contributed by atoms with Crippen LogP contribution in [-0.2, 0) is 0 Å². The van der Waals surface area contributed by atoms with Crippen molar-refractivity contribution in [2.75, 3.05) is 0 Å². The van der Waals surface area contributed by atoms with E-state index >= 15 is 0 Å². The maximum absolute atomic E-state index is 5.27. The van der Waals surface area contributed by atoms with Crippen LogP contribution in [-0.4, -0.2) is 24.1 Å². The van der Waals surface area contributed by atoms with Gasteiger partial charge in [0.2, 0.25) is 0 Å². The Hall–Kier alpha value is -8.41. The summed E-state index contributed by atoms with van der Waals surface area (Å²) in [5, 5.41) is 4.78. The van der Waals surface area contributed by atoms with E-state index < -0.39 is 0 Å². The summed E-state index contributed by atoms with van der Waals surface area (Å²) in [4.78, 5) is 15.6. The number of hydrogen-bond acceptors (Lipinski definition) is 3. The highest BCUT2D eigenvalue weighted by atomic mass is 15.0. The van der Waals surface area contributed by atoms with Gasteiger partial charge >= 0.3 is 0 Å². The summed E-state index contributed by atoms with van der Waals surface area (Å²) in [6.07, 6.45) is 0. The van der Waals surface area contributed by atoms with Crippen molar-refractivity contribution in [1.29, 1.82) is 0 Å². The number of nitrogens with zero attached hydrogens (tertiary/aromatic N) is 5. The van der Waals surface area contributed by atoms with E-state index in [-0.39, 0.29) is 0 Å². The molecule has 0 aliphatic heterocycles. The van der Waals surface area contributed by atoms with E-state index in [2.05, 4.69) is 201 Å². The average molecular weight is 848 g/mol. The molecule has 0 radical (unpaired) electrons. The number of hydrogen-bond donors (Lipinski definition) is 0. The minimum absolute atomic E-state index is 0.599. The van der Waals surface area contributed by atoms with Crippen molar-refractivity contribution in [3.05, 3.63) is 222 Å². The number of para-hydroxylation sites is 2. The molecule has 0 aliphatic rings. The number of fused-ring (bicyclic) bond motifs is 6. The largest absolute Gasteiger partial charge is 0.309 e. The Labute approximate surface area is 384 Å². The smallest absolute Gasteiger partial charge is 0.164 e. The van der Waals surface area contributed by atoms with Gasteiger partial charge in [-0.15, -0.1) is 0 Å². The molecule has 0 bridgehead atoms. The molecular weight excluding hydrogens is 803 g/mol. The lowest BCUT2D eigenvalue weighted by molar-refractivity contribution is 1.07. The van der Waals surface area contributed by atoms with Gasteiger partial charge in [0.25, 0.3) is 0 Å². The fraction of sp³-hybridized carbons (Fsp3) is 0.0656. The lowest BCUT2D eigenvalue weighted by atomic mass is 9.99. The van der Waals surface area contributed by atoms with E-state index in [0.717, 1.165) is 50.1 Å². The van der Waals surface area contributed by atoms with Gasteiger partial charge in [-0.2, -0.15) is 0 Å². The van der Waals surface area contributed by atoms with Gasteiger partial charge in [-0.05, 0) is 105 Å². The fourth-order valence-corrected chi connectivity index (χ4v) is 10.1. The van der Waals surface area contributed by atoms with E-state index in [1.807, 2.05) is 36.4 Å². The van der Waals surface area contributed by atoms with Crippen LogP contribution in [0.2, 0.25) is 0 Å². The molecule has 0 unspecified atom stereocenters. The minimum atomic E-state index is 0.599. The van der Waals surface area contributed by atoms with Crippen LogP contribution in [0.5, 0.6) is 0 Å². The standard InChI is InChI=1S/C61H45N5/c1-38-27-39(2)30-46(29-38)44-23-25-57-53(35-44)51-19-11-13-21-55(51)65(57)49-33-48(61-63-59(42-15-7-5-8-16-42)62-60(64-61)43-17-9-6-10-18-43)34-50(37-49)66-56-22-14-12-20-52(56)54-36-45(24-26-58(54)66)47-31-40(3)28-41(4)32-47/h5-37H,1-4H3. The van der Waals surface area contributed by atoms with Crippen molar-refractivity contribution < 1.29 is 0 Å². The third-order valence-corrected chi connectivity index (χ3v) is 12.8. The Morgan fingerprint density at radius 1 is 0.258 bits per heavy atom. The summed E-state index contributed by atoms with van der Waals surface area (Å²) in [5.74, 6) is 1.84. The predicted molar refractivity (Wildman–Crippen MR) is 275 cm³/mol. The van der Waals surface area contributed by atoms with E-state index in [0.29, 0.717) is 17.5 Å². The lowest BCUT2D eigenvalue weighted by Crippen LogP contribution is -2.03. The van der Waals surface area contributed by atoms with Crippen LogP contribution in [0.15, 0.2) is 200 Å². The van der Waals surface area contributed by atoms with E-state index in [1.54, 1.807) is 0 Å². The minimum Gasteiger partial charge on any atom is -0.309 e. The number of rotatable bonds is 7. The van der Waals surface area contributed by atoms with Crippen LogP contribution in [0.3, 0.4) is 0 Å². The highest BCUT2D eigenvalue weighted by Gasteiger charge is 2.21. The van der Waals surface area contributed by atoms with E-state index in [9.17, 15) is 0 Å². The molecular formula is C61H45N5. The molecule has 12 aromatic rings. The van der Waals surface area contributed by atoms with Gasteiger partial charge < -0.3 is 9.13 Å². The summed E-state index contributed by atoms with van der Waals surface area (Å²) in [5.41, 5.74) is 19.1. The Kier molecular flexibility index (Phi) is 9.32. The summed E-state index contributed by atoms with van der Waals surface area (Å²) in [6.45, 7) is 8.69. The second-order valence-corrected chi connectivity index (χ2v) is 17.7. The average Bonchev–Trinajstić information content (AvgIpc) is 3.86. The molecule has 0 amide bonds. The molecule has 0 atom stereocenters.